The SMILES string of the molecule is O=c1/c(=C\c2ccc(N(c3ccc4ccccc4c3)c3ncccn3)[se]2)sc2nc3ccccc3n12. The van der Waals surface area contributed by atoms with Gasteiger partial charge in [0.15, 0.2) is 0 Å². The molecule has 3 aromatic carbocycles. The Hall–Kier alpha value is -4.10. The van der Waals surface area contributed by atoms with E-state index in [1.807, 2.05) is 48.5 Å². The maximum absolute atomic E-state index is 13.2. The Balaban J connectivity index is 1.34. The molecule has 0 fully saturated rings. The summed E-state index contributed by atoms with van der Waals surface area (Å²) in [6.45, 7) is 0. The van der Waals surface area contributed by atoms with E-state index in [0.29, 0.717) is 10.5 Å². The van der Waals surface area contributed by atoms with E-state index in [1.54, 1.807) is 16.8 Å². The Morgan fingerprint density at radius 2 is 1.67 bits per heavy atom. The van der Waals surface area contributed by atoms with Crippen LogP contribution >= 0.6 is 11.3 Å². The average molecular weight is 551 g/mol. The summed E-state index contributed by atoms with van der Waals surface area (Å²) in [4.78, 5) is 29.8. The van der Waals surface area contributed by atoms with E-state index in [2.05, 4.69) is 62.3 Å². The first-order chi connectivity index (χ1) is 17.7. The van der Waals surface area contributed by atoms with Crippen molar-refractivity contribution >= 4 is 74.9 Å². The molecule has 6 nitrogen and oxygen atoms in total. The van der Waals surface area contributed by atoms with Gasteiger partial charge in [0.2, 0.25) is 0 Å². The van der Waals surface area contributed by atoms with Crippen molar-refractivity contribution in [2.24, 2.45) is 0 Å². The van der Waals surface area contributed by atoms with Crippen LogP contribution in [-0.4, -0.2) is 33.9 Å². The van der Waals surface area contributed by atoms with Crippen molar-refractivity contribution in [1.82, 2.24) is 19.4 Å². The van der Waals surface area contributed by atoms with E-state index in [0.717, 1.165) is 36.1 Å². The van der Waals surface area contributed by atoms with Crippen LogP contribution in [0.15, 0.2) is 102 Å². The van der Waals surface area contributed by atoms with Crippen molar-refractivity contribution in [3.05, 3.63) is 117 Å². The number of aromatic nitrogens is 4. The van der Waals surface area contributed by atoms with Gasteiger partial charge in [-0.1, -0.05) is 0 Å². The number of hydrogen-bond donors (Lipinski definition) is 0. The van der Waals surface area contributed by atoms with Gasteiger partial charge >= 0.3 is 216 Å². The van der Waals surface area contributed by atoms with E-state index >= 15 is 0 Å². The molecule has 0 aliphatic heterocycles. The van der Waals surface area contributed by atoms with Crippen LogP contribution in [-0.2, 0) is 0 Å². The third-order valence-corrected chi connectivity index (χ3v) is 9.10. The minimum absolute atomic E-state index is 0.0216. The first kappa shape index (κ1) is 21.2. The number of hydrogen-bond acceptors (Lipinski definition) is 6. The fourth-order valence-corrected chi connectivity index (χ4v) is 7.52. The molecule has 36 heavy (non-hydrogen) atoms. The summed E-state index contributed by atoms with van der Waals surface area (Å²) in [7, 11) is 0. The molecule has 0 saturated carbocycles. The standard InChI is InChI=1S/C28H17N5OSSe/c34-26-24(35-28-31-22-8-3-4-9-23(22)33(26)28)17-21-12-13-25(36-21)32(27-29-14-5-15-30-27)20-11-10-18-6-1-2-7-19(18)16-20/h1-17H/b24-17+. The second-order valence-corrected chi connectivity index (χ2v) is 11.5. The Kier molecular flexibility index (Phi) is 5.03. The summed E-state index contributed by atoms with van der Waals surface area (Å²) in [6.07, 6.45) is 5.52. The van der Waals surface area contributed by atoms with Gasteiger partial charge in [-0.15, -0.1) is 0 Å². The number of thiazole rings is 1. The fourth-order valence-electron chi connectivity index (χ4n) is 4.34. The Morgan fingerprint density at radius 3 is 2.56 bits per heavy atom. The van der Waals surface area contributed by atoms with Crippen molar-refractivity contribution in [2.75, 3.05) is 4.90 Å². The zero-order valence-electron chi connectivity index (χ0n) is 18.8. The Morgan fingerprint density at radius 1 is 0.861 bits per heavy atom. The van der Waals surface area contributed by atoms with Crippen molar-refractivity contribution in [3.63, 3.8) is 0 Å². The maximum atomic E-state index is 13.2. The molecular formula is C28H17N5OSSe. The number of para-hydroxylation sites is 2. The quantitative estimate of drug-likeness (QED) is 0.291. The van der Waals surface area contributed by atoms with Gasteiger partial charge in [0, 0.05) is 0 Å². The molecule has 0 N–H and O–H groups in total. The second-order valence-electron chi connectivity index (χ2n) is 8.23. The predicted molar refractivity (Wildman–Crippen MR) is 147 cm³/mol. The third kappa shape index (κ3) is 3.55. The van der Waals surface area contributed by atoms with E-state index < -0.39 is 0 Å². The summed E-state index contributed by atoms with van der Waals surface area (Å²) >= 11 is 1.40. The molecule has 0 radical (unpaired) electrons. The van der Waals surface area contributed by atoms with Crippen LogP contribution in [0.2, 0.25) is 0 Å². The van der Waals surface area contributed by atoms with Crippen LogP contribution in [0, 0.1) is 0 Å². The molecule has 4 heterocycles. The molecule has 0 aliphatic rings. The number of nitrogens with zero attached hydrogens (tertiary/aromatic N) is 5. The van der Waals surface area contributed by atoms with Crippen LogP contribution in [0.4, 0.5) is 16.2 Å². The zero-order chi connectivity index (χ0) is 24.1. The van der Waals surface area contributed by atoms with Crippen LogP contribution < -0.4 is 15.0 Å². The van der Waals surface area contributed by atoms with Gasteiger partial charge in [-0.25, -0.2) is 0 Å². The molecule has 0 unspecified atom stereocenters. The number of anilines is 3. The van der Waals surface area contributed by atoms with Gasteiger partial charge in [0.05, 0.1) is 0 Å². The summed E-state index contributed by atoms with van der Waals surface area (Å²) in [6, 6.07) is 28.5. The topological polar surface area (TPSA) is 63.4 Å². The van der Waals surface area contributed by atoms with Gasteiger partial charge in [-0.2, -0.15) is 0 Å². The first-order valence-electron chi connectivity index (χ1n) is 11.3. The van der Waals surface area contributed by atoms with Crippen molar-refractivity contribution in [1.29, 1.82) is 0 Å². The number of imidazole rings is 1. The molecule has 7 rings (SSSR count). The summed E-state index contributed by atoms with van der Waals surface area (Å²) < 4.78 is 4.63. The third-order valence-electron chi connectivity index (χ3n) is 5.99. The van der Waals surface area contributed by atoms with E-state index in [4.69, 9.17) is 0 Å². The van der Waals surface area contributed by atoms with Gasteiger partial charge in [0.1, 0.15) is 0 Å². The molecular weight excluding hydrogens is 533 g/mol. The van der Waals surface area contributed by atoms with Gasteiger partial charge < -0.3 is 0 Å². The van der Waals surface area contributed by atoms with Gasteiger partial charge in [-0.05, 0) is 0 Å². The van der Waals surface area contributed by atoms with E-state index in [-0.39, 0.29) is 20.1 Å². The van der Waals surface area contributed by atoms with Crippen molar-refractivity contribution in [3.8, 4) is 0 Å². The summed E-state index contributed by atoms with van der Waals surface area (Å²) in [5.74, 6) is 0.626. The summed E-state index contributed by atoms with van der Waals surface area (Å²) in [5, 5.41) is 2.35. The molecule has 172 valence electrons. The molecule has 0 spiro atoms. The molecule has 0 atom stereocenters. The van der Waals surface area contributed by atoms with Crippen LogP contribution in [0.3, 0.4) is 0 Å². The molecule has 8 heteroatoms. The molecule has 4 aromatic heterocycles. The normalized spacial score (nSPS) is 12.2. The van der Waals surface area contributed by atoms with E-state index in [1.165, 1.54) is 16.7 Å². The Labute approximate surface area is 215 Å². The van der Waals surface area contributed by atoms with Gasteiger partial charge in [0.25, 0.3) is 0 Å². The molecule has 0 saturated heterocycles. The monoisotopic (exact) mass is 551 g/mol. The van der Waals surface area contributed by atoms with Gasteiger partial charge in [-0.3, -0.25) is 0 Å². The van der Waals surface area contributed by atoms with Crippen molar-refractivity contribution in [2.45, 2.75) is 0 Å². The van der Waals surface area contributed by atoms with Crippen LogP contribution in [0.1, 0.15) is 4.44 Å². The van der Waals surface area contributed by atoms with Crippen LogP contribution in [0.5, 0.6) is 0 Å². The molecule has 7 aromatic rings. The fraction of sp³-hybridized carbons (Fsp3) is 0. The average Bonchev–Trinajstić information content (AvgIpc) is 3.60. The predicted octanol–water partition coefficient (Wildman–Crippen LogP) is 4.93. The summed E-state index contributed by atoms with van der Waals surface area (Å²) in [5.41, 5.74) is 2.68. The second kappa shape index (κ2) is 8.53. The molecule has 0 amide bonds. The first-order valence-corrected chi connectivity index (χ1v) is 13.9. The molecule has 0 bridgehead atoms. The molecule has 0 aliphatic carbocycles. The number of benzene rings is 3. The zero-order valence-corrected chi connectivity index (χ0v) is 21.3. The Bertz CT molecular complexity index is 1990. The minimum atomic E-state index is -0.0363. The van der Waals surface area contributed by atoms with Crippen LogP contribution in [0.25, 0.3) is 32.8 Å². The number of rotatable bonds is 4. The van der Waals surface area contributed by atoms with Crippen molar-refractivity contribution < 1.29 is 0 Å². The van der Waals surface area contributed by atoms with E-state index in [9.17, 15) is 4.79 Å². The number of fused-ring (bicyclic) bond motifs is 4.